The lowest BCUT2D eigenvalue weighted by Crippen LogP contribution is -2.58. The Hall–Kier alpha value is -0.160. The summed E-state index contributed by atoms with van der Waals surface area (Å²) in [5.74, 6) is 0. The Balaban J connectivity index is 2.30. The quantitative estimate of drug-likeness (QED) is 0.737. The van der Waals surface area contributed by atoms with Gasteiger partial charge in [0.05, 0.1) is 6.61 Å². The second kappa shape index (κ2) is 7.43. The molecule has 1 heterocycles. The number of nitrogens with zero attached hydrogens (tertiary/aromatic N) is 2. The number of ether oxygens (including phenoxy) is 1. The lowest BCUT2D eigenvalue weighted by atomic mass is 10.0. The van der Waals surface area contributed by atoms with E-state index in [0.717, 1.165) is 19.8 Å². The maximum absolute atomic E-state index is 5.44. The van der Waals surface area contributed by atoms with E-state index < -0.39 is 0 Å². The van der Waals surface area contributed by atoms with Crippen LogP contribution < -0.4 is 5.32 Å². The van der Waals surface area contributed by atoms with Gasteiger partial charge in [0.2, 0.25) is 0 Å². The highest BCUT2D eigenvalue weighted by Gasteiger charge is 2.29. The molecule has 0 aliphatic carbocycles. The summed E-state index contributed by atoms with van der Waals surface area (Å²) in [6.45, 7) is 16.2. The minimum atomic E-state index is 0.224. The van der Waals surface area contributed by atoms with Crippen molar-refractivity contribution in [2.45, 2.75) is 39.3 Å². The Labute approximate surface area is 113 Å². The van der Waals surface area contributed by atoms with Crippen LogP contribution >= 0.6 is 0 Å². The van der Waals surface area contributed by atoms with Crippen LogP contribution in [0.15, 0.2) is 0 Å². The van der Waals surface area contributed by atoms with Gasteiger partial charge in [-0.2, -0.15) is 0 Å². The molecule has 0 bridgehead atoms. The molecule has 0 spiro atoms. The molecule has 108 valence electrons. The molecule has 1 aliphatic rings. The lowest BCUT2D eigenvalue weighted by Gasteiger charge is -2.43. The lowest BCUT2D eigenvalue weighted by molar-refractivity contribution is 0.0560. The molecule has 1 fully saturated rings. The number of hydrogen-bond acceptors (Lipinski definition) is 4. The third kappa shape index (κ3) is 5.22. The third-order valence-corrected chi connectivity index (χ3v) is 3.81. The smallest absolute Gasteiger partial charge is 0.0616 e. The van der Waals surface area contributed by atoms with Crippen LogP contribution in [0, 0.1) is 0 Å². The van der Waals surface area contributed by atoms with Gasteiger partial charge in [-0.15, -0.1) is 0 Å². The van der Waals surface area contributed by atoms with Crippen molar-refractivity contribution in [1.29, 1.82) is 0 Å². The average molecular weight is 257 g/mol. The van der Waals surface area contributed by atoms with E-state index in [1.807, 2.05) is 6.92 Å². The molecule has 18 heavy (non-hydrogen) atoms. The van der Waals surface area contributed by atoms with Crippen molar-refractivity contribution < 1.29 is 4.74 Å². The number of nitrogens with one attached hydrogen (secondary N) is 1. The van der Waals surface area contributed by atoms with Crippen molar-refractivity contribution in [2.75, 3.05) is 53.0 Å². The predicted molar refractivity (Wildman–Crippen MR) is 77.1 cm³/mol. The Morgan fingerprint density at radius 3 is 2.39 bits per heavy atom. The average Bonchev–Trinajstić information content (AvgIpc) is 2.34. The topological polar surface area (TPSA) is 27.7 Å². The van der Waals surface area contributed by atoms with Crippen LogP contribution in [0.1, 0.15) is 27.7 Å². The molecule has 1 unspecified atom stereocenters. The number of rotatable bonds is 7. The van der Waals surface area contributed by atoms with Gasteiger partial charge in [-0.05, 0) is 34.7 Å². The summed E-state index contributed by atoms with van der Waals surface area (Å²) in [6.07, 6.45) is 0. The molecule has 1 N–H and O–H groups in total. The largest absolute Gasteiger partial charge is 0.380 e. The molecular formula is C14H31N3O. The Morgan fingerprint density at radius 1 is 1.22 bits per heavy atom. The maximum Gasteiger partial charge on any atom is 0.0616 e. The van der Waals surface area contributed by atoms with E-state index in [4.69, 9.17) is 4.74 Å². The van der Waals surface area contributed by atoms with E-state index in [-0.39, 0.29) is 5.54 Å². The van der Waals surface area contributed by atoms with E-state index in [0.29, 0.717) is 6.04 Å². The van der Waals surface area contributed by atoms with E-state index in [1.165, 1.54) is 26.2 Å². The fraction of sp³-hybridized carbons (Fsp3) is 1.00. The summed E-state index contributed by atoms with van der Waals surface area (Å²) in [5, 5.41) is 3.59. The minimum absolute atomic E-state index is 0.224. The van der Waals surface area contributed by atoms with Crippen LogP contribution in [-0.4, -0.2) is 74.4 Å². The van der Waals surface area contributed by atoms with Crippen molar-refractivity contribution >= 4 is 0 Å². The first-order valence-electron chi connectivity index (χ1n) is 7.20. The second-order valence-electron chi connectivity index (χ2n) is 6.04. The Kier molecular flexibility index (Phi) is 6.57. The fourth-order valence-corrected chi connectivity index (χ4v) is 2.30. The molecule has 0 aromatic heterocycles. The van der Waals surface area contributed by atoms with Crippen molar-refractivity contribution in [2.24, 2.45) is 0 Å². The first-order chi connectivity index (χ1) is 8.45. The second-order valence-corrected chi connectivity index (χ2v) is 6.04. The number of piperazine rings is 1. The van der Waals surface area contributed by atoms with Crippen LogP contribution in [0.4, 0.5) is 0 Å². The zero-order valence-electron chi connectivity index (χ0n) is 12.8. The first kappa shape index (κ1) is 15.9. The monoisotopic (exact) mass is 257 g/mol. The van der Waals surface area contributed by atoms with E-state index in [9.17, 15) is 0 Å². The van der Waals surface area contributed by atoms with Gasteiger partial charge >= 0.3 is 0 Å². The van der Waals surface area contributed by atoms with Crippen molar-refractivity contribution in [1.82, 2.24) is 15.1 Å². The molecule has 1 saturated heterocycles. The molecule has 4 heteroatoms. The predicted octanol–water partition coefficient (Wildman–Crippen LogP) is 1.03. The van der Waals surface area contributed by atoms with Crippen LogP contribution in [0.25, 0.3) is 0 Å². The maximum atomic E-state index is 5.44. The zero-order valence-corrected chi connectivity index (χ0v) is 12.8. The van der Waals surface area contributed by atoms with Crippen molar-refractivity contribution in [3.63, 3.8) is 0 Å². The Bertz CT molecular complexity index is 225. The zero-order chi connectivity index (χ0) is 13.6. The normalized spacial score (nSPS) is 21.2. The molecule has 0 aromatic carbocycles. The van der Waals surface area contributed by atoms with Crippen molar-refractivity contribution in [3.8, 4) is 0 Å². The molecule has 1 rings (SSSR count). The summed E-state index contributed by atoms with van der Waals surface area (Å²) in [5.41, 5.74) is 0.224. The van der Waals surface area contributed by atoms with Gasteiger partial charge < -0.3 is 15.0 Å². The first-order valence-corrected chi connectivity index (χ1v) is 7.20. The van der Waals surface area contributed by atoms with Gasteiger partial charge in [0, 0.05) is 50.9 Å². The van der Waals surface area contributed by atoms with Crippen LogP contribution in [-0.2, 0) is 4.74 Å². The summed E-state index contributed by atoms with van der Waals surface area (Å²) >= 11 is 0. The third-order valence-electron chi connectivity index (χ3n) is 3.81. The van der Waals surface area contributed by atoms with Gasteiger partial charge in [0.15, 0.2) is 0 Å². The summed E-state index contributed by atoms with van der Waals surface area (Å²) in [4.78, 5) is 4.99. The number of hydrogen-bond donors (Lipinski definition) is 1. The Morgan fingerprint density at radius 2 is 1.83 bits per heavy atom. The summed E-state index contributed by atoms with van der Waals surface area (Å²) in [6, 6.07) is 0.427. The van der Waals surface area contributed by atoms with Crippen LogP contribution in [0.5, 0.6) is 0 Å². The molecular weight excluding hydrogens is 226 g/mol. The fourth-order valence-electron chi connectivity index (χ4n) is 2.30. The molecule has 0 amide bonds. The van der Waals surface area contributed by atoms with Gasteiger partial charge in [-0.1, -0.05) is 0 Å². The molecule has 4 nitrogen and oxygen atoms in total. The molecule has 1 aliphatic heterocycles. The van der Waals surface area contributed by atoms with E-state index in [1.54, 1.807) is 0 Å². The van der Waals surface area contributed by atoms with Crippen LogP contribution in [0.2, 0.25) is 0 Å². The highest BCUT2D eigenvalue weighted by atomic mass is 16.5. The van der Waals surface area contributed by atoms with Gasteiger partial charge in [0.1, 0.15) is 0 Å². The summed E-state index contributed by atoms with van der Waals surface area (Å²) in [7, 11) is 2.20. The highest BCUT2D eigenvalue weighted by Crippen LogP contribution is 2.15. The summed E-state index contributed by atoms with van der Waals surface area (Å²) < 4.78 is 5.44. The van der Waals surface area contributed by atoms with E-state index in [2.05, 4.69) is 42.9 Å². The molecule has 0 radical (unpaired) electrons. The molecule has 1 atom stereocenters. The molecule has 0 aromatic rings. The SMILES string of the molecule is CCOCC(C)NCC(C)(C)N1CCN(C)CC1. The minimum Gasteiger partial charge on any atom is -0.380 e. The van der Waals surface area contributed by atoms with Gasteiger partial charge in [-0.25, -0.2) is 0 Å². The van der Waals surface area contributed by atoms with Crippen molar-refractivity contribution in [3.05, 3.63) is 0 Å². The van der Waals surface area contributed by atoms with Gasteiger partial charge in [-0.3, -0.25) is 4.90 Å². The molecule has 0 saturated carbocycles. The number of likely N-dealkylation sites (N-methyl/N-ethyl adjacent to an activating group) is 1. The van der Waals surface area contributed by atoms with Crippen LogP contribution in [0.3, 0.4) is 0 Å². The van der Waals surface area contributed by atoms with E-state index >= 15 is 0 Å². The van der Waals surface area contributed by atoms with Gasteiger partial charge in [0.25, 0.3) is 0 Å². The standard InChI is InChI=1S/C14H31N3O/c1-6-18-11-13(2)15-12-14(3,4)17-9-7-16(5)8-10-17/h13,15H,6-12H2,1-5H3. The highest BCUT2D eigenvalue weighted by molar-refractivity contribution is 4.87.